The summed E-state index contributed by atoms with van der Waals surface area (Å²) < 4.78 is 0. The molecule has 0 spiro atoms. The molecular weight excluding hydrogens is 322 g/mol. The third kappa shape index (κ3) is 3.64. The van der Waals surface area contributed by atoms with Crippen molar-refractivity contribution < 1.29 is 9.59 Å². The molecule has 0 saturated carbocycles. The third-order valence-corrected chi connectivity index (χ3v) is 5.27. The number of nitrogens with one attached hydrogen (secondary N) is 1. The van der Waals surface area contributed by atoms with Crippen molar-refractivity contribution in [1.82, 2.24) is 15.2 Å². The van der Waals surface area contributed by atoms with Crippen LogP contribution in [0.4, 0.5) is 0 Å². The second-order valence-corrected chi connectivity index (χ2v) is 7.22. The zero-order valence-corrected chi connectivity index (χ0v) is 14.8. The Hall–Kier alpha value is -2.21. The summed E-state index contributed by atoms with van der Waals surface area (Å²) in [6.45, 7) is 5.64. The van der Waals surface area contributed by atoms with E-state index in [1.54, 1.807) is 0 Å². The smallest absolute Gasteiger partial charge is 0.263 e. The Bertz CT molecular complexity index is 769. The molecule has 126 valence electrons. The molecule has 2 heterocycles. The molecule has 1 aliphatic heterocycles. The van der Waals surface area contributed by atoms with Gasteiger partial charge in [-0.05, 0) is 31.4 Å². The van der Waals surface area contributed by atoms with Gasteiger partial charge in [0.1, 0.15) is 4.88 Å². The van der Waals surface area contributed by atoms with E-state index in [4.69, 9.17) is 0 Å². The lowest BCUT2D eigenvalue weighted by molar-refractivity contribution is -0.128. The quantitative estimate of drug-likeness (QED) is 0.908. The molecule has 1 saturated heterocycles. The SMILES string of the molecule is Cc1nc(C)c(C(=O)NCc2ccccc2CN2CCCC2=O)s1. The number of benzene rings is 1. The van der Waals surface area contributed by atoms with Crippen molar-refractivity contribution in [2.75, 3.05) is 6.54 Å². The predicted molar refractivity (Wildman–Crippen MR) is 93.9 cm³/mol. The Morgan fingerprint density at radius 1 is 1.29 bits per heavy atom. The summed E-state index contributed by atoms with van der Waals surface area (Å²) in [5.41, 5.74) is 2.90. The van der Waals surface area contributed by atoms with Crippen LogP contribution in [0.1, 0.15) is 44.3 Å². The monoisotopic (exact) mass is 343 g/mol. The predicted octanol–water partition coefficient (Wildman–Crippen LogP) is 2.81. The number of amides is 2. The van der Waals surface area contributed by atoms with Gasteiger partial charge in [-0.1, -0.05) is 24.3 Å². The zero-order valence-electron chi connectivity index (χ0n) is 14.0. The largest absolute Gasteiger partial charge is 0.347 e. The minimum atomic E-state index is -0.0925. The van der Waals surface area contributed by atoms with E-state index < -0.39 is 0 Å². The number of hydrogen-bond donors (Lipinski definition) is 1. The number of rotatable bonds is 5. The molecule has 1 aromatic carbocycles. The molecule has 3 rings (SSSR count). The van der Waals surface area contributed by atoms with E-state index >= 15 is 0 Å². The molecule has 1 fully saturated rings. The minimum absolute atomic E-state index is 0.0925. The van der Waals surface area contributed by atoms with Crippen LogP contribution < -0.4 is 5.32 Å². The van der Waals surface area contributed by atoms with Crippen LogP contribution in [0.2, 0.25) is 0 Å². The van der Waals surface area contributed by atoms with Crippen LogP contribution >= 0.6 is 11.3 Å². The number of hydrogen-bond acceptors (Lipinski definition) is 4. The zero-order chi connectivity index (χ0) is 17.1. The molecule has 6 heteroatoms. The van der Waals surface area contributed by atoms with E-state index in [2.05, 4.69) is 10.3 Å². The summed E-state index contributed by atoms with van der Waals surface area (Å²) in [5, 5.41) is 3.87. The fourth-order valence-electron chi connectivity index (χ4n) is 2.96. The molecule has 0 aliphatic carbocycles. The van der Waals surface area contributed by atoms with Crippen molar-refractivity contribution in [3.63, 3.8) is 0 Å². The maximum atomic E-state index is 12.4. The van der Waals surface area contributed by atoms with Crippen molar-refractivity contribution in [1.29, 1.82) is 0 Å². The van der Waals surface area contributed by atoms with Crippen molar-refractivity contribution in [3.05, 3.63) is 51.0 Å². The van der Waals surface area contributed by atoms with Crippen molar-refractivity contribution in [3.8, 4) is 0 Å². The highest BCUT2D eigenvalue weighted by Crippen LogP contribution is 2.19. The maximum absolute atomic E-state index is 12.4. The molecule has 1 aliphatic rings. The minimum Gasteiger partial charge on any atom is -0.347 e. The van der Waals surface area contributed by atoms with Gasteiger partial charge in [0.2, 0.25) is 5.91 Å². The number of carbonyl (C=O) groups excluding carboxylic acids is 2. The number of likely N-dealkylation sites (tertiary alicyclic amines) is 1. The van der Waals surface area contributed by atoms with Gasteiger partial charge in [-0.25, -0.2) is 4.98 Å². The van der Waals surface area contributed by atoms with E-state index in [0.717, 1.165) is 34.8 Å². The highest BCUT2D eigenvalue weighted by Gasteiger charge is 2.21. The normalized spacial score (nSPS) is 14.2. The van der Waals surface area contributed by atoms with Crippen molar-refractivity contribution in [2.24, 2.45) is 0 Å². The molecule has 0 unspecified atom stereocenters. The first-order valence-electron chi connectivity index (χ1n) is 8.11. The van der Waals surface area contributed by atoms with Gasteiger partial charge in [0.15, 0.2) is 0 Å². The fraction of sp³-hybridized carbons (Fsp3) is 0.389. The molecule has 24 heavy (non-hydrogen) atoms. The second-order valence-electron chi connectivity index (χ2n) is 6.02. The van der Waals surface area contributed by atoms with Gasteiger partial charge in [-0.15, -0.1) is 11.3 Å². The van der Waals surface area contributed by atoms with Crippen molar-refractivity contribution >= 4 is 23.2 Å². The van der Waals surface area contributed by atoms with Gasteiger partial charge in [-0.2, -0.15) is 0 Å². The first-order valence-corrected chi connectivity index (χ1v) is 8.93. The molecule has 0 radical (unpaired) electrons. The standard InChI is InChI=1S/C18H21N3O2S/c1-12-17(24-13(2)20-12)18(23)19-10-14-6-3-4-7-15(14)11-21-9-5-8-16(21)22/h3-4,6-7H,5,8-11H2,1-2H3,(H,19,23). The number of aromatic nitrogens is 1. The van der Waals surface area contributed by atoms with Crippen LogP contribution in [0, 0.1) is 13.8 Å². The maximum Gasteiger partial charge on any atom is 0.263 e. The molecule has 1 aromatic heterocycles. The van der Waals surface area contributed by atoms with E-state index in [0.29, 0.717) is 24.4 Å². The third-order valence-electron chi connectivity index (χ3n) is 4.20. The first kappa shape index (κ1) is 16.6. The molecule has 2 aromatic rings. The van der Waals surface area contributed by atoms with Gasteiger partial charge >= 0.3 is 0 Å². The lowest BCUT2D eigenvalue weighted by Gasteiger charge is -2.18. The van der Waals surface area contributed by atoms with Gasteiger partial charge in [0.25, 0.3) is 5.91 Å². The fourth-order valence-corrected chi connectivity index (χ4v) is 3.79. The Morgan fingerprint density at radius 3 is 2.67 bits per heavy atom. The summed E-state index contributed by atoms with van der Waals surface area (Å²) in [6.07, 6.45) is 1.57. The number of nitrogens with zero attached hydrogens (tertiary/aromatic N) is 2. The lowest BCUT2D eigenvalue weighted by atomic mass is 10.1. The molecule has 2 amide bonds. The summed E-state index contributed by atoms with van der Waals surface area (Å²) in [6, 6.07) is 7.95. The molecule has 0 atom stereocenters. The van der Waals surface area contributed by atoms with Gasteiger partial charge < -0.3 is 10.2 Å². The Balaban J connectivity index is 1.68. The van der Waals surface area contributed by atoms with Gasteiger partial charge in [0, 0.05) is 26.1 Å². The van der Waals surface area contributed by atoms with Gasteiger partial charge in [0.05, 0.1) is 10.7 Å². The number of carbonyl (C=O) groups is 2. The molecule has 5 nitrogen and oxygen atoms in total. The summed E-state index contributed by atoms with van der Waals surface area (Å²) in [7, 11) is 0. The Kier molecular flexibility index (Phi) is 4.94. The topological polar surface area (TPSA) is 62.3 Å². The Labute approximate surface area is 145 Å². The average molecular weight is 343 g/mol. The van der Waals surface area contributed by atoms with Crippen LogP contribution in [0.25, 0.3) is 0 Å². The van der Waals surface area contributed by atoms with E-state index in [1.807, 2.05) is 43.0 Å². The van der Waals surface area contributed by atoms with Crippen LogP contribution in [0.3, 0.4) is 0 Å². The van der Waals surface area contributed by atoms with Crippen LogP contribution in [-0.4, -0.2) is 28.2 Å². The lowest BCUT2D eigenvalue weighted by Crippen LogP contribution is -2.26. The number of thiazole rings is 1. The van der Waals surface area contributed by atoms with Gasteiger partial charge in [-0.3, -0.25) is 9.59 Å². The Morgan fingerprint density at radius 2 is 2.04 bits per heavy atom. The molecular formula is C18H21N3O2S. The van der Waals surface area contributed by atoms with Crippen LogP contribution in [-0.2, 0) is 17.9 Å². The average Bonchev–Trinajstić information content (AvgIpc) is 3.11. The van der Waals surface area contributed by atoms with Crippen LogP contribution in [0.15, 0.2) is 24.3 Å². The summed E-state index contributed by atoms with van der Waals surface area (Å²) in [5.74, 6) is 0.120. The summed E-state index contributed by atoms with van der Waals surface area (Å²) >= 11 is 1.41. The number of aryl methyl sites for hydroxylation is 2. The van der Waals surface area contributed by atoms with E-state index in [1.165, 1.54) is 11.3 Å². The molecule has 1 N–H and O–H groups in total. The highest BCUT2D eigenvalue weighted by atomic mass is 32.1. The molecule has 0 bridgehead atoms. The van der Waals surface area contributed by atoms with E-state index in [-0.39, 0.29) is 11.8 Å². The highest BCUT2D eigenvalue weighted by molar-refractivity contribution is 7.13. The first-order chi connectivity index (χ1) is 11.5. The second kappa shape index (κ2) is 7.13. The van der Waals surface area contributed by atoms with E-state index in [9.17, 15) is 9.59 Å². The van der Waals surface area contributed by atoms with Crippen LogP contribution in [0.5, 0.6) is 0 Å². The summed E-state index contributed by atoms with van der Waals surface area (Å²) in [4.78, 5) is 31.0. The van der Waals surface area contributed by atoms with Crippen molar-refractivity contribution in [2.45, 2.75) is 39.8 Å².